The quantitative estimate of drug-likeness (QED) is 0.683. The Morgan fingerprint density at radius 2 is 2.17 bits per heavy atom. The zero-order valence-corrected chi connectivity index (χ0v) is 7.88. The second-order valence-electron chi connectivity index (χ2n) is 2.33. The van der Waals surface area contributed by atoms with Crippen molar-refractivity contribution >= 4 is 15.9 Å². The van der Waals surface area contributed by atoms with Gasteiger partial charge >= 0.3 is 0 Å². The Morgan fingerprint density at radius 1 is 1.50 bits per heavy atom. The van der Waals surface area contributed by atoms with Crippen molar-refractivity contribution in [3.05, 3.63) is 45.7 Å². The summed E-state index contributed by atoms with van der Waals surface area (Å²) < 4.78 is 13.9. The van der Waals surface area contributed by atoms with Crippen LogP contribution in [0, 0.1) is 6.57 Å². The number of hydrogen-bond acceptors (Lipinski definition) is 0. The summed E-state index contributed by atoms with van der Waals surface area (Å²) in [7, 11) is 0. The first-order chi connectivity index (χ1) is 5.75. The van der Waals surface area contributed by atoms with Gasteiger partial charge in [-0.25, -0.2) is 11.0 Å². The number of nitrogens with zero attached hydrogens (tertiary/aromatic N) is 1. The second kappa shape index (κ2) is 4.22. The third kappa shape index (κ3) is 2.05. The summed E-state index contributed by atoms with van der Waals surface area (Å²) >= 11 is 3.22. The molecule has 0 radical (unpaired) electrons. The standard InChI is InChI=1S/C9H7BrFN/c1-12-6-9(11)7-4-2-3-5-8(7)10/h2-5,9H,6H2. The number of hydrogen-bond donors (Lipinski definition) is 0. The van der Waals surface area contributed by atoms with Gasteiger partial charge in [0.25, 0.3) is 0 Å². The third-order valence-corrected chi connectivity index (χ3v) is 2.22. The second-order valence-corrected chi connectivity index (χ2v) is 3.18. The Morgan fingerprint density at radius 3 is 2.75 bits per heavy atom. The minimum atomic E-state index is -1.18. The highest BCUT2D eigenvalue weighted by Gasteiger charge is 2.14. The van der Waals surface area contributed by atoms with E-state index in [1.165, 1.54) is 0 Å². The van der Waals surface area contributed by atoms with Gasteiger partial charge in [0.15, 0.2) is 6.17 Å². The first-order valence-electron chi connectivity index (χ1n) is 3.47. The van der Waals surface area contributed by atoms with E-state index < -0.39 is 6.17 Å². The fraction of sp³-hybridized carbons (Fsp3) is 0.222. The summed E-state index contributed by atoms with van der Waals surface area (Å²) in [5.41, 5.74) is 0.550. The van der Waals surface area contributed by atoms with E-state index in [1.807, 2.05) is 6.07 Å². The zero-order chi connectivity index (χ0) is 8.97. The lowest BCUT2D eigenvalue weighted by atomic mass is 10.1. The molecular weight excluding hydrogens is 221 g/mol. The molecule has 0 fully saturated rings. The van der Waals surface area contributed by atoms with Gasteiger partial charge in [0, 0.05) is 10.0 Å². The summed E-state index contributed by atoms with van der Waals surface area (Å²) in [4.78, 5) is 3.01. The predicted molar refractivity (Wildman–Crippen MR) is 49.5 cm³/mol. The van der Waals surface area contributed by atoms with Crippen LogP contribution in [0.25, 0.3) is 4.85 Å². The van der Waals surface area contributed by atoms with Crippen LogP contribution in [0.5, 0.6) is 0 Å². The van der Waals surface area contributed by atoms with E-state index >= 15 is 0 Å². The smallest absolute Gasteiger partial charge is 0.249 e. The number of rotatable bonds is 2. The SMILES string of the molecule is [C-]#[N+]CC(F)c1ccccc1Br. The van der Waals surface area contributed by atoms with Gasteiger partial charge in [-0.15, -0.1) is 0 Å². The molecule has 1 aromatic carbocycles. The van der Waals surface area contributed by atoms with Crippen molar-refractivity contribution in [1.29, 1.82) is 0 Å². The fourth-order valence-corrected chi connectivity index (χ4v) is 1.44. The van der Waals surface area contributed by atoms with E-state index in [9.17, 15) is 4.39 Å². The largest absolute Gasteiger partial charge is 0.313 e. The summed E-state index contributed by atoms with van der Waals surface area (Å²) in [5.74, 6) is 0. The lowest BCUT2D eigenvalue weighted by Gasteiger charge is -2.03. The minimum absolute atomic E-state index is 0.109. The molecule has 0 aliphatic heterocycles. The van der Waals surface area contributed by atoms with Crippen molar-refractivity contribution in [2.75, 3.05) is 6.54 Å². The summed E-state index contributed by atoms with van der Waals surface area (Å²) in [6.07, 6.45) is -1.18. The zero-order valence-electron chi connectivity index (χ0n) is 6.30. The van der Waals surface area contributed by atoms with Crippen molar-refractivity contribution in [2.45, 2.75) is 6.17 Å². The van der Waals surface area contributed by atoms with Gasteiger partial charge in [0.2, 0.25) is 6.54 Å². The first kappa shape index (κ1) is 9.21. The lowest BCUT2D eigenvalue weighted by molar-refractivity contribution is 0.366. The highest BCUT2D eigenvalue weighted by atomic mass is 79.9. The van der Waals surface area contributed by atoms with Gasteiger partial charge < -0.3 is 4.85 Å². The van der Waals surface area contributed by atoms with E-state index in [4.69, 9.17) is 6.57 Å². The molecule has 3 heteroatoms. The van der Waals surface area contributed by atoms with Crippen LogP contribution in [0.1, 0.15) is 11.7 Å². The third-order valence-electron chi connectivity index (χ3n) is 1.49. The van der Waals surface area contributed by atoms with Crippen molar-refractivity contribution in [2.24, 2.45) is 0 Å². The molecule has 0 saturated heterocycles. The van der Waals surface area contributed by atoms with Crippen LogP contribution in [-0.2, 0) is 0 Å². The predicted octanol–water partition coefficient (Wildman–Crippen LogP) is 3.38. The lowest BCUT2D eigenvalue weighted by Crippen LogP contribution is -1.94. The van der Waals surface area contributed by atoms with Crippen molar-refractivity contribution in [3.63, 3.8) is 0 Å². The monoisotopic (exact) mass is 227 g/mol. The molecule has 1 atom stereocenters. The van der Waals surface area contributed by atoms with Crippen LogP contribution in [0.3, 0.4) is 0 Å². The van der Waals surface area contributed by atoms with Gasteiger partial charge in [-0.1, -0.05) is 34.1 Å². The Hall–Kier alpha value is -0.880. The average molecular weight is 228 g/mol. The molecule has 0 heterocycles. The van der Waals surface area contributed by atoms with Gasteiger partial charge in [-0.05, 0) is 6.07 Å². The van der Waals surface area contributed by atoms with E-state index in [1.54, 1.807) is 18.2 Å². The topological polar surface area (TPSA) is 4.36 Å². The molecule has 1 unspecified atom stereocenters. The molecule has 0 spiro atoms. The molecule has 0 aliphatic carbocycles. The molecule has 0 aliphatic rings. The van der Waals surface area contributed by atoms with Crippen molar-refractivity contribution < 1.29 is 4.39 Å². The highest BCUT2D eigenvalue weighted by molar-refractivity contribution is 9.10. The van der Waals surface area contributed by atoms with Gasteiger partial charge in [0.1, 0.15) is 0 Å². The van der Waals surface area contributed by atoms with Crippen molar-refractivity contribution in [1.82, 2.24) is 0 Å². The van der Waals surface area contributed by atoms with Gasteiger partial charge in [-0.3, -0.25) is 0 Å². The van der Waals surface area contributed by atoms with E-state index in [0.717, 1.165) is 4.47 Å². The summed E-state index contributed by atoms with van der Waals surface area (Å²) in [6.45, 7) is 6.41. The number of halogens is 2. The van der Waals surface area contributed by atoms with E-state index in [0.29, 0.717) is 5.56 Å². The van der Waals surface area contributed by atoms with Crippen LogP contribution < -0.4 is 0 Å². The fourth-order valence-electron chi connectivity index (χ4n) is 0.908. The van der Waals surface area contributed by atoms with Gasteiger partial charge in [-0.2, -0.15) is 0 Å². The average Bonchev–Trinajstić information content (AvgIpc) is 2.05. The van der Waals surface area contributed by atoms with Crippen LogP contribution in [0.15, 0.2) is 28.7 Å². The molecule has 62 valence electrons. The maximum Gasteiger partial charge on any atom is 0.249 e. The highest BCUT2D eigenvalue weighted by Crippen LogP contribution is 2.25. The van der Waals surface area contributed by atoms with Crippen molar-refractivity contribution in [3.8, 4) is 0 Å². The first-order valence-corrected chi connectivity index (χ1v) is 4.26. The van der Waals surface area contributed by atoms with Gasteiger partial charge in [0.05, 0.1) is 0 Å². The molecule has 0 bridgehead atoms. The Labute approximate surface area is 79.2 Å². The summed E-state index contributed by atoms with van der Waals surface area (Å²) in [5, 5.41) is 0. The Kier molecular flexibility index (Phi) is 3.24. The molecule has 0 amide bonds. The molecule has 12 heavy (non-hydrogen) atoms. The molecule has 0 aromatic heterocycles. The molecule has 0 N–H and O–H groups in total. The molecule has 0 saturated carbocycles. The van der Waals surface area contributed by atoms with E-state index in [-0.39, 0.29) is 6.54 Å². The van der Waals surface area contributed by atoms with E-state index in [2.05, 4.69) is 20.8 Å². The van der Waals surface area contributed by atoms with Crippen LogP contribution in [0.2, 0.25) is 0 Å². The molecular formula is C9H7BrFN. The van der Waals surface area contributed by atoms with Crippen LogP contribution in [-0.4, -0.2) is 6.54 Å². The van der Waals surface area contributed by atoms with Crippen LogP contribution in [0.4, 0.5) is 4.39 Å². The Balaban J connectivity index is 2.88. The normalized spacial score (nSPS) is 12.1. The molecule has 1 aromatic rings. The maximum atomic E-state index is 13.2. The summed E-state index contributed by atoms with van der Waals surface area (Å²) in [6, 6.07) is 7.03. The van der Waals surface area contributed by atoms with Crippen LogP contribution >= 0.6 is 15.9 Å². The number of benzene rings is 1. The Bertz CT molecular complexity index is 306. The minimum Gasteiger partial charge on any atom is -0.313 e. The number of alkyl halides is 1. The maximum absolute atomic E-state index is 13.2. The molecule has 1 rings (SSSR count). The molecule has 1 nitrogen and oxygen atoms in total.